The standard InChI is InChI=1S/C14H14ClNOS2/c15-11-6-4-10(5-7-11)12-13(17)19-14(18-12)16-8-2-1-3-9-16/h4-7H,1-3,8-9H2. The van der Waals surface area contributed by atoms with Gasteiger partial charge in [0.1, 0.15) is 13.1 Å². The summed E-state index contributed by atoms with van der Waals surface area (Å²) in [5, 5.41) is 13.0. The number of piperidine rings is 1. The topological polar surface area (TPSA) is 26.1 Å². The predicted octanol–water partition coefficient (Wildman–Crippen LogP) is 3.16. The highest BCUT2D eigenvalue weighted by Gasteiger charge is 2.15. The Kier molecular flexibility index (Phi) is 3.91. The Hall–Kier alpha value is -0.840. The van der Waals surface area contributed by atoms with E-state index in [0.29, 0.717) is 5.02 Å². The van der Waals surface area contributed by atoms with Crippen molar-refractivity contribution < 1.29 is 5.11 Å². The van der Waals surface area contributed by atoms with Crippen LogP contribution in [0.25, 0.3) is 10.4 Å². The van der Waals surface area contributed by atoms with Gasteiger partial charge in [0.15, 0.2) is 0 Å². The summed E-state index contributed by atoms with van der Waals surface area (Å²) in [6.07, 6.45) is 3.77. The van der Waals surface area contributed by atoms with Gasteiger partial charge < -0.3 is 5.11 Å². The van der Waals surface area contributed by atoms with Gasteiger partial charge in [-0.3, -0.25) is 0 Å². The molecule has 100 valence electrons. The maximum absolute atomic E-state index is 12.1. The quantitative estimate of drug-likeness (QED) is 0.743. The van der Waals surface area contributed by atoms with E-state index in [1.807, 2.05) is 24.3 Å². The Morgan fingerprint density at radius 3 is 2.37 bits per heavy atom. The van der Waals surface area contributed by atoms with Crippen molar-refractivity contribution in [2.45, 2.75) is 19.3 Å². The Morgan fingerprint density at radius 1 is 1.00 bits per heavy atom. The number of nitrogens with zero attached hydrogens (tertiary/aromatic N) is 1. The molecule has 2 heterocycles. The van der Waals surface area contributed by atoms with Gasteiger partial charge in [-0.25, -0.2) is 4.58 Å². The van der Waals surface area contributed by atoms with Gasteiger partial charge in [0.2, 0.25) is 0 Å². The maximum atomic E-state index is 12.1. The van der Waals surface area contributed by atoms with E-state index >= 15 is 0 Å². The minimum Gasteiger partial charge on any atom is -0.864 e. The summed E-state index contributed by atoms with van der Waals surface area (Å²) in [5.41, 5.74) is 0.971. The molecule has 0 N–H and O–H groups in total. The lowest BCUT2D eigenvalue weighted by atomic mass is 10.2. The largest absolute Gasteiger partial charge is 0.864 e. The lowest BCUT2D eigenvalue weighted by molar-refractivity contribution is -0.260. The Bertz CT molecular complexity index is 634. The summed E-state index contributed by atoms with van der Waals surface area (Å²) in [6, 6.07) is 7.51. The molecule has 19 heavy (non-hydrogen) atoms. The van der Waals surface area contributed by atoms with Crippen molar-refractivity contribution >= 4 is 34.3 Å². The maximum Gasteiger partial charge on any atom is 0.313 e. The van der Waals surface area contributed by atoms with Gasteiger partial charge >= 0.3 is 3.98 Å². The fraction of sp³-hybridized carbons (Fsp3) is 0.357. The molecule has 2 aromatic rings. The van der Waals surface area contributed by atoms with Crippen LogP contribution >= 0.6 is 34.3 Å². The van der Waals surface area contributed by atoms with Crippen LogP contribution in [0.4, 0.5) is 0 Å². The van der Waals surface area contributed by atoms with E-state index in [0.717, 1.165) is 27.5 Å². The number of hydrogen-bond acceptors (Lipinski definition) is 3. The van der Waals surface area contributed by atoms with E-state index < -0.39 is 0 Å². The van der Waals surface area contributed by atoms with Crippen molar-refractivity contribution in [2.24, 2.45) is 0 Å². The van der Waals surface area contributed by atoms with Gasteiger partial charge in [-0.2, -0.15) is 0 Å². The molecule has 0 radical (unpaired) electrons. The molecule has 1 saturated heterocycles. The summed E-state index contributed by atoms with van der Waals surface area (Å²) >= 11 is 8.88. The van der Waals surface area contributed by atoms with Crippen molar-refractivity contribution in [3.8, 4) is 15.5 Å². The van der Waals surface area contributed by atoms with Crippen LogP contribution in [0.15, 0.2) is 24.3 Å². The first-order valence-corrected chi connectivity index (χ1v) is 8.40. The average molecular weight is 312 g/mol. The molecule has 0 atom stereocenters. The van der Waals surface area contributed by atoms with E-state index in [1.165, 1.54) is 30.6 Å². The first-order valence-electron chi connectivity index (χ1n) is 6.39. The first-order chi connectivity index (χ1) is 9.24. The molecule has 0 saturated carbocycles. The second-order valence-corrected chi connectivity index (χ2v) is 7.30. The van der Waals surface area contributed by atoms with Crippen molar-refractivity contribution in [1.29, 1.82) is 0 Å². The summed E-state index contributed by atoms with van der Waals surface area (Å²) in [4.78, 5) is 0.835. The van der Waals surface area contributed by atoms with Crippen LogP contribution in [0.3, 0.4) is 0 Å². The summed E-state index contributed by atoms with van der Waals surface area (Å²) < 4.78 is 3.49. The molecule has 1 aromatic carbocycles. The van der Waals surface area contributed by atoms with Crippen molar-refractivity contribution in [1.82, 2.24) is 4.58 Å². The van der Waals surface area contributed by atoms with Gasteiger partial charge in [0.05, 0.1) is 0 Å². The Balaban J connectivity index is 2.04. The predicted molar refractivity (Wildman–Crippen MR) is 80.9 cm³/mol. The zero-order valence-corrected chi connectivity index (χ0v) is 12.8. The van der Waals surface area contributed by atoms with Gasteiger partial charge in [-0.15, -0.1) is 0 Å². The Morgan fingerprint density at radius 2 is 1.68 bits per heavy atom. The molecule has 0 amide bonds. The molecule has 1 aliphatic rings. The summed E-state index contributed by atoms with van der Waals surface area (Å²) in [7, 11) is 0. The molecular weight excluding hydrogens is 298 g/mol. The van der Waals surface area contributed by atoms with E-state index in [1.54, 1.807) is 11.3 Å². The van der Waals surface area contributed by atoms with Crippen LogP contribution in [0.5, 0.6) is 5.06 Å². The number of halogens is 1. The van der Waals surface area contributed by atoms with Gasteiger partial charge in [0.25, 0.3) is 0 Å². The van der Waals surface area contributed by atoms with Gasteiger partial charge in [-0.05, 0) is 29.2 Å². The van der Waals surface area contributed by atoms with Gasteiger partial charge in [-0.1, -0.05) is 46.4 Å². The van der Waals surface area contributed by atoms with Crippen LogP contribution in [-0.2, 0) is 0 Å². The molecule has 3 rings (SSSR count). The lowest BCUT2D eigenvalue weighted by Gasteiger charge is -2.07. The fourth-order valence-electron chi connectivity index (χ4n) is 2.26. The fourth-order valence-corrected chi connectivity index (χ4v) is 4.78. The molecule has 2 nitrogen and oxygen atoms in total. The monoisotopic (exact) mass is 311 g/mol. The summed E-state index contributed by atoms with van der Waals surface area (Å²) in [5.74, 6) is 0. The molecule has 0 spiro atoms. The van der Waals surface area contributed by atoms with E-state index in [-0.39, 0.29) is 5.06 Å². The smallest absolute Gasteiger partial charge is 0.313 e. The van der Waals surface area contributed by atoms with Gasteiger partial charge in [0, 0.05) is 22.7 Å². The summed E-state index contributed by atoms with van der Waals surface area (Å²) in [6.45, 7) is 2.16. The number of hydrogen-bond donors (Lipinski definition) is 0. The molecule has 1 fully saturated rings. The van der Waals surface area contributed by atoms with Crippen molar-refractivity contribution in [3.63, 3.8) is 0 Å². The first kappa shape index (κ1) is 13.2. The van der Waals surface area contributed by atoms with Crippen LogP contribution in [0, 0.1) is 0 Å². The lowest BCUT2D eigenvalue weighted by Crippen LogP contribution is -2.31. The molecular formula is C14H14ClNOS2. The number of benzene rings is 1. The normalized spacial score (nSPS) is 15.7. The Labute approximate surface area is 125 Å². The third-order valence-electron chi connectivity index (χ3n) is 3.28. The third kappa shape index (κ3) is 2.86. The molecule has 0 unspecified atom stereocenters. The second kappa shape index (κ2) is 5.65. The van der Waals surface area contributed by atoms with Crippen molar-refractivity contribution in [3.05, 3.63) is 33.3 Å². The minimum absolute atomic E-state index is 0.160. The van der Waals surface area contributed by atoms with Crippen LogP contribution < -0.4 is 13.7 Å². The zero-order chi connectivity index (χ0) is 13.2. The van der Waals surface area contributed by atoms with Crippen molar-refractivity contribution in [2.75, 3.05) is 13.1 Å². The second-order valence-electron chi connectivity index (χ2n) is 4.64. The molecule has 0 bridgehead atoms. The molecule has 0 aliphatic carbocycles. The zero-order valence-electron chi connectivity index (χ0n) is 10.4. The highest BCUT2D eigenvalue weighted by Crippen LogP contribution is 2.33. The van der Waals surface area contributed by atoms with E-state index in [9.17, 15) is 5.11 Å². The molecule has 1 aromatic heterocycles. The molecule has 1 aliphatic heterocycles. The molecule has 5 heteroatoms. The number of rotatable bonds is 1. The van der Waals surface area contributed by atoms with E-state index in [2.05, 4.69) is 4.58 Å². The van der Waals surface area contributed by atoms with Crippen LogP contribution in [-0.4, -0.2) is 13.1 Å². The van der Waals surface area contributed by atoms with Crippen LogP contribution in [0.1, 0.15) is 19.3 Å². The third-order valence-corrected chi connectivity index (χ3v) is 6.04. The highest BCUT2D eigenvalue weighted by atomic mass is 35.5. The highest BCUT2D eigenvalue weighted by molar-refractivity contribution is 7.30. The average Bonchev–Trinajstić information content (AvgIpc) is 2.83. The van der Waals surface area contributed by atoms with E-state index in [4.69, 9.17) is 11.6 Å². The van der Waals surface area contributed by atoms with Crippen LogP contribution in [0.2, 0.25) is 5.02 Å². The SMILES string of the molecule is [O-]c1sc(=[N+]2CCCCC2)sc1-c1ccc(Cl)cc1. The minimum atomic E-state index is 0.160.